The topological polar surface area (TPSA) is 84.9 Å². The van der Waals surface area contributed by atoms with E-state index in [1.807, 2.05) is 31.2 Å². The van der Waals surface area contributed by atoms with Crippen molar-refractivity contribution >= 4 is 21.6 Å². The highest BCUT2D eigenvalue weighted by Gasteiger charge is 2.50. The van der Waals surface area contributed by atoms with Gasteiger partial charge in [-0.25, -0.2) is 8.42 Å². The summed E-state index contributed by atoms with van der Waals surface area (Å²) in [7, 11) is -3.92. The zero-order valence-corrected chi connectivity index (χ0v) is 16.8. The smallest absolute Gasteiger partial charge is 0.264 e. The van der Waals surface area contributed by atoms with Crippen LogP contribution in [0.5, 0.6) is 11.5 Å². The molecule has 1 saturated heterocycles. The van der Waals surface area contributed by atoms with Crippen molar-refractivity contribution in [2.24, 2.45) is 5.92 Å². The Morgan fingerprint density at radius 3 is 2.66 bits per heavy atom. The number of carbonyl (C=O) groups excluding carboxylic acids is 1. The monoisotopic (exact) mass is 414 g/mol. The predicted molar refractivity (Wildman–Crippen MR) is 107 cm³/mol. The third-order valence-corrected chi connectivity index (χ3v) is 7.82. The van der Waals surface area contributed by atoms with E-state index < -0.39 is 22.0 Å². The van der Waals surface area contributed by atoms with Crippen LogP contribution in [-0.4, -0.2) is 40.1 Å². The Bertz CT molecular complexity index is 1080. The highest BCUT2D eigenvalue weighted by molar-refractivity contribution is 7.92. The number of benzene rings is 2. The third kappa shape index (κ3) is 2.77. The molecule has 3 atom stereocenters. The van der Waals surface area contributed by atoms with Crippen molar-refractivity contribution in [3.05, 3.63) is 48.0 Å². The maximum Gasteiger partial charge on any atom is 0.264 e. The van der Waals surface area contributed by atoms with E-state index in [1.54, 1.807) is 12.1 Å². The molecule has 2 aromatic carbocycles. The number of hydrogen-bond acceptors (Lipinski definition) is 5. The number of fused-ring (bicyclic) bond motifs is 3. The van der Waals surface area contributed by atoms with Gasteiger partial charge in [-0.15, -0.1) is 0 Å². The summed E-state index contributed by atoms with van der Waals surface area (Å²) in [6.45, 7) is 3.29. The summed E-state index contributed by atoms with van der Waals surface area (Å²) in [5.74, 6) is 0.397. The highest BCUT2D eigenvalue weighted by Crippen LogP contribution is 2.46. The van der Waals surface area contributed by atoms with Crippen molar-refractivity contribution in [1.82, 2.24) is 5.32 Å². The molecule has 0 radical (unpaired) electrons. The van der Waals surface area contributed by atoms with Crippen molar-refractivity contribution < 1.29 is 22.7 Å². The standard InChI is InChI=1S/C21H22N2O5S/c1-13-15-5-2-3-6-16(15)23(17-12-22-21(24)20(13)17)29(25,26)14-7-8-18-19(11-14)28-10-4-9-27-18/h2-3,5-8,11,13,17,20H,4,9-10,12H2,1H3,(H,22,24)/t13-,17+,20+/m1/s1. The molecular formula is C21H22N2O5S. The second-order valence-corrected chi connectivity index (χ2v) is 9.46. The van der Waals surface area contributed by atoms with Crippen LogP contribution in [0.2, 0.25) is 0 Å². The van der Waals surface area contributed by atoms with Crippen LogP contribution >= 0.6 is 0 Å². The molecule has 0 saturated carbocycles. The van der Waals surface area contributed by atoms with E-state index in [9.17, 15) is 13.2 Å². The van der Waals surface area contributed by atoms with E-state index in [2.05, 4.69) is 5.32 Å². The van der Waals surface area contributed by atoms with Gasteiger partial charge in [0.25, 0.3) is 10.0 Å². The van der Waals surface area contributed by atoms with Crippen LogP contribution < -0.4 is 19.1 Å². The highest BCUT2D eigenvalue weighted by atomic mass is 32.2. The van der Waals surface area contributed by atoms with Crippen LogP contribution in [0.1, 0.15) is 24.8 Å². The number of nitrogens with one attached hydrogen (secondary N) is 1. The Kier molecular flexibility index (Phi) is 4.20. The van der Waals surface area contributed by atoms with Gasteiger partial charge in [-0.3, -0.25) is 9.10 Å². The van der Waals surface area contributed by atoms with Gasteiger partial charge in [0.15, 0.2) is 11.5 Å². The molecule has 3 aliphatic rings. The molecule has 152 valence electrons. The molecule has 0 bridgehead atoms. The Balaban J connectivity index is 1.64. The van der Waals surface area contributed by atoms with Crippen molar-refractivity contribution in [2.75, 3.05) is 24.1 Å². The minimum atomic E-state index is -3.92. The number of hydrogen-bond donors (Lipinski definition) is 1. The van der Waals surface area contributed by atoms with Gasteiger partial charge in [0, 0.05) is 19.0 Å². The van der Waals surface area contributed by atoms with Crippen LogP contribution in [0.15, 0.2) is 47.4 Å². The molecule has 29 heavy (non-hydrogen) atoms. The Hall–Kier alpha value is -2.74. The number of carbonyl (C=O) groups is 1. The van der Waals surface area contributed by atoms with E-state index in [1.165, 1.54) is 10.4 Å². The molecule has 0 aliphatic carbocycles. The zero-order valence-electron chi connectivity index (χ0n) is 16.0. The van der Waals surface area contributed by atoms with Crippen molar-refractivity contribution in [2.45, 2.75) is 30.2 Å². The van der Waals surface area contributed by atoms with Crippen LogP contribution in [-0.2, 0) is 14.8 Å². The quantitative estimate of drug-likeness (QED) is 0.815. The lowest BCUT2D eigenvalue weighted by atomic mass is 9.80. The summed E-state index contributed by atoms with van der Waals surface area (Å²) in [6.07, 6.45) is 0.742. The predicted octanol–water partition coefficient (Wildman–Crippen LogP) is 2.27. The van der Waals surface area contributed by atoms with Gasteiger partial charge < -0.3 is 14.8 Å². The minimum Gasteiger partial charge on any atom is -0.490 e. The average Bonchev–Trinajstić information content (AvgIpc) is 2.95. The van der Waals surface area contributed by atoms with Crippen molar-refractivity contribution in [3.63, 3.8) is 0 Å². The molecule has 2 aromatic rings. The van der Waals surface area contributed by atoms with E-state index in [0.717, 1.165) is 12.0 Å². The molecule has 0 aromatic heterocycles. The molecule has 1 N–H and O–H groups in total. The SMILES string of the molecule is C[C@@H]1c2ccccc2N(S(=O)(=O)c2ccc3c(c2)OCCCO3)[C@H]2CNC(=O)[C@@H]12. The number of rotatable bonds is 2. The van der Waals surface area contributed by atoms with Gasteiger partial charge >= 0.3 is 0 Å². The minimum absolute atomic E-state index is 0.0612. The number of anilines is 1. The van der Waals surface area contributed by atoms with Crippen LogP contribution in [0, 0.1) is 5.92 Å². The lowest BCUT2D eigenvalue weighted by Crippen LogP contribution is -2.50. The summed E-state index contributed by atoms with van der Waals surface area (Å²) in [5.41, 5.74) is 1.49. The lowest BCUT2D eigenvalue weighted by molar-refractivity contribution is -0.123. The molecule has 3 heterocycles. The second kappa shape index (κ2) is 6.66. The molecule has 7 nitrogen and oxygen atoms in total. The van der Waals surface area contributed by atoms with Gasteiger partial charge in [-0.2, -0.15) is 0 Å². The number of para-hydroxylation sites is 1. The van der Waals surface area contributed by atoms with Gasteiger partial charge in [0.1, 0.15) is 0 Å². The first-order valence-corrected chi connectivity index (χ1v) is 11.2. The van der Waals surface area contributed by atoms with Gasteiger partial charge in [0.2, 0.25) is 5.91 Å². The van der Waals surface area contributed by atoms with Crippen LogP contribution in [0.4, 0.5) is 5.69 Å². The molecule has 1 amide bonds. The van der Waals surface area contributed by atoms with Gasteiger partial charge in [-0.05, 0) is 29.7 Å². The summed E-state index contributed by atoms with van der Waals surface area (Å²) in [6, 6.07) is 11.7. The fourth-order valence-corrected chi connectivity index (χ4v) is 6.29. The first-order valence-electron chi connectivity index (χ1n) is 9.79. The number of amides is 1. The summed E-state index contributed by atoms with van der Waals surface area (Å²) in [4.78, 5) is 12.6. The molecule has 1 fully saturated rings. The third-order valence-electron chi connectivity index (χ3n) is 5.98. The summed E-state index contributed by atoms with van der Waals surface area (Å²) < 4.78 is 40.3. The van der Waals surface area contributed by atoms with E-state index in [0.29, 0.717) is 36.9 Å². The summed E-state index contributed by atoms with van der Waals surface area (Å²) in [5, 5.41) is 2.85. The second-order valence-electron chi connectivity index (χ2n) is 7.65. The normalized spacial score (nSPS) is 25.6. The first-order chi connectivity index (χ1) is 14.0. The number of nitrogens with zero attached hydrogens (tertiary/aromatic N) is 1. The van der Waals surface area contributed by atoms with Crippen LogP contribution in [0.25, 0.3) is 0 Å². The number of ether oxygens (including phenoxy) is 2. The van der Waals surface area contributed by atoms with Gasteiger partial charge in [0.05, 0.1) is 35.8 Å². The first kappa shape index (κ1) is 18.3. The fraction of sp³-hybridized carbons (Fsp3) is 0.381. The molecular weight excluding hydrogens is 392 g/mol. The van der Waals surface area contributed by atoms with Crippen LogP contribution in [0.3, 0.4) is 0 Å². The Morgan fingerprint density at radius 2 is 1.83 bits per heavy atom. The Labute approximate surface area is 169 Å². The number of sulfonamides is 1. The molecule has 3 aliphatic heterocycles. The van der Waals surface area contributed by atoms with Crippen molar-refractivity contribution in [1.29, 1.82) is 0 Å². The van der Waals surface area contributed by atoms with E-state index >= 15 is 0 Å². The Morgan fingerprint density at radius 1 is 1.07 bits per heavy atom. The van der Waals surface area contributed by atoms with Crippen molar-refractivity contribution in [3.8, 4) is 11.5 Å². The maximum atomic E-state index is 13.8. The molecule has 5 rings (SSSR count). The molecule has 8 heteroatoms. The largest absolute Gasteiger partial charge is 0.490 e. The van der Waals surface area contributed by atoms with Gasteiger partial charge in [-0.1, -0.05) is 25.1 Å². The van der Waals surface area contributed by atoms with E-state index in [4.69, 9.17) is 9.47 Å². The maximum absolute atomic E-state index is 13.8. The van der Waals surface area contributed by atoms with E-state index in [-0.39, 0.29) is 16.7 Å². The summed E-state index contributed by atoms with van der Waals surface area (Å²) >= 11 is 0. The molecule has 0 spiro atoms. The molecule has 0 unspecified atom stereocenters. The average molecular weight is 414 g/mol. The fourth-order valence-electron chi connectivity index (χ4n) is 4.58. The lowest BCUT2D eigenvalue weighted by Gasteiger charge is -2.41. The zero-order chi connectivity index (χ0) is 20.2.